The SMILES string of the molecule is CCOc1cc(C=C2SC(=S)NC2=O)ccc1OCCCOc1cc(C)ccc1C(C)C. The number of carbonyl (C=O) groups is 1. The Morgan fingerprint density at radius 3 is 2.44 bits per heavy atom. The minimum absolute atomic E-state index is 0.174. The Labute approximate surface area is 199 Å². The van der Waals surface area contributed by atoms with Crippen molar-refractivity contribution in [1.29, 1.82) is 0 Å². The standard InChI is InChI=1S/C25H29NO4S2/c1-5-28-22-14-18(15-23-24(27)26-25(31)32-23)8-10-20(22)29-11-6-12-30-21-13-17(4)7-9-19(21)16(2)3/h7-10,13-16H,5-6,11-12H2,1-4H3,(H,26,27,31). The second-order valence-corrected chi connectivity index (χ2v) is 9.46. The van der Waals surface area contributed by atoms with E-state index in [1.54, 1.807) is 6.08 Å². The smallest absolute Gasteiger partial charge is 0.263 e. The van der Waals surface area contributed by atoms with Gasteiger partial charge in [-0.15, -0.1) is 0 Å². The molecule has 1 aliphatic rings. The van der Waals surface area contributed by atoms with Crippen LogP contribution in [0, 0.1) is 6.92 Å². The van der Waals surface area contributed by atoms with Crippen molar-refractivity contribution in [3.8, 4) is 17.2 Å². The molecule has 2 aromatic carbocycles. The monoisotopic (exact) mass is 471 g/mol. The van der Waals surface area contributed by atoms with Gasteiger partial charge in [0.1, 0.15) is 10.1 Å². The highest BCUT2D eigenvalue weighted by atomic mass is 32.2. The van der Waals surface area contributed by atoms with Crippen LogP contribution in [-0.4, -0.2) is 30.0 Å². The lowest BCUT2D eigenvalue weighted by Gasteiger charge is -2.16. The van der Waals surface area contributed by atoms with Crippen LogP contribution in [0.25, 0.3) is 6.08 Å². The van der Waals surface area contributed by atoms with Gasteiger partial charge in [0.2, 0.25) is 0 Å². The Morgan fingerprint density at radius 2 is 1.78 bits per heavy atom. The molecule has 0 radical (unpaired) electrons. The average Bonchev–Trinajstić information content (AvgIpc) is 3.05. The van der Waals surface area contributed by atoms with Gasteiger partial charge in [-0.05, 0) is 60.7 Å². The Bertz CT molecular complexity index is 1020. The normalized spacial score (nSPS) is 14.7. The lowest BCUT2D eigenvalue weighted by molar-refractivity contribution is -0.115. The van der Waals surface area contributed by atoms with E-state index in [1.165, 1.54) is 22.9 Å². The molecule has 0 aliphatic carbocycles. The molecule has 0 unspecified atom stereocenters. The summed E-state index contributed by atoms with van der Waals surface area (Å²) < 4.78 is 18.2. The molecule has 1 aliphatic heterocycles. The first-order chi connectivity index (χ1) is 15.4. The molecule has 1 saturated heterocycles. The highest BCUT2D eigenvalue weighted by molar-refractivity contribution is 8.26. The molecule has 0 spiro atoms. The number of aryl methyl sites for hydroxylation is 1. The molecule has 0 aromatic heterocycles. The highest BCUT2D eigenvalue weighted by Gasteiger charge is 2.22. The quantitative estimate of drug-likeness (QED) is 0.266. The first kappa shape index (κ1) is 24.1. The molecular weight excluding hydrogens is 442 g/mol. The van der Waals surface area contributed by atoms with E-state index in [0.717, 1.165) is 17.7 Å². The molecule has 0 saturated carbocycles. The van der Waals surface area contributed by atoms with Crippen molar-refractivity contribution in [2.75, 3.05) is 19.8 Å². The first-order valence-corrected chi connectivity index (χ1v) is 12.0. The molecule has 7 heteroatoms. The van der Waals surface area contributed by atoms with Gasteiger partial charge in [0.25, 0.3) is 5.91 Å². The van der Waals surface area contributed by atoms with E-state index in [-0.39, 0.29) is 5.91 Å². The Morgan fingerprint density at radius 1 is 1.03 bits per heavy atom. The molecule has 5 nitrogen and oxygen atoms in total. The van der Waals surface area contributed by atoms with E-state index in [1.807, 2.05) is 25.1 Å². The number of thioether (sulfide) groups is 1. The summed E-state index contributed by atoms with van der Waals surface area (Å²) in [4.78, 5) is 12.5. The van der Waals surface area contributed by atoms with E-state index in [4.69, 9.17) is 26.4 Å². The minimum Gasteiger partial charge on any atom is -0.493 e. The van der Waals surface area contributed by atoms with Crippen LogP contribution in [0.3, 0.4) is 0 Å². The number of rotatable bonds is 10. The van der Waals surface area contributed by atoms with Crippen molar-refractivity contribution in [2.45, 2.75) is 40.0 Å². The van der Waals surface area contributed by atoms with Crippen molar-refractivity contribution < 1.29 is 19.0 Å². The van der Waals surface area contributed by atoms with Gasteiger partial charge in [0.15, 0.2) is 11.5 Å². The molecule has 0 bridgehead atoms. The maximum Gasteiger partial charge on any atom is 0.263 e. The van der Waals surface area contributed by atoms with Gasteiger partial charge in [0.05, 0.1) is 24.7 Å². The maximum atomic E-state index is 11.9. The van der Waals surface area contributed by atoms with Crippen LogP contribution in [0.1, 0.15) is 49.8 Å². The number of carbonyl (C=O) groups excluding carboxylic acids is 1. The first-order valence-electron chi connectivity index (χ1n) is 10.7. The molecule has 3 rings (SSSR count). The van der Waals surface area contributed by atoms with E-state index in [2.05, 4.69) is 44.3 Å². The second-order valence-electron chi connectivity index (χ2n) is 7.74. The Balaban J connectivity index is 1.58. The Hall–Kier alpha value is -2.51. The fourth-order valence-electron chi connectivity index (χ4n) is 3.24. The van der Waals surface area contributed by atoms with Gasteiger partial charge in [-0.3, -0.25) is 4.79 Å². The fraction of sp³-hybridized carbons (Fsp3) is 0.360. The fourth-order valence-corrected chi connectivity index (χ4v) is 4.29. The van der Waals surface area contributed by atoms with Gasteiger partial charge in [-0.25, -0.2) is 0 Å². The number of ether oxygens (including phenoxy) is 3. The summed E-state index contributed by atoms with van der Waals surface area (Å²) in [6.45, 7) is 9.93. The van der Waals surface area contributed by atoms with Crippen molar-refractivity contribution >= 4 is 40.3 Å². The third kappa shape index (κ3) is 6.50. The van der Waals surface area contributed by atoms with E-state index < -0.39 is 0 Å². The van der Waals surface area contributed by atoms with Crippen LogP contribution >= 0.6 is 24.0 Å². The van der Waals surface area contributed by atoms with Gasteiger partial charge in [0, 0.05) is 6.42 Å². The van der Waals surface area contributed by atoms with Crippen LogP contribution in [0.2, 0.25) is 0 Å². The van der Waals surface area contributed by atoms with Gasteiger partial charge < -0.3 is 19.5 Å². The van der Waals surface area contributed by atoms with Crippen LogP contribution in [-0.2, 0) is 4.79 Å². The molecule has 1 fully saturated rings. The Kier molecular flexibility index (Phi) is 8.59. The van der Waals surface area contributed by atoms with Crippen LogP contribution in [0.5, 0.6) is 17.2 Å². The number of nitrogens with one attached hydrogen (secondary N) is 1. The third-order valence-corrected chi connectivity index (χ3v) is 5.96. The van der Waals surface area contributed by atoms with E-state index in [0.29, 0.717) is 46.5 Å². The molecule has 1 amide bonds. The van der Waals surface area contributed by atoms with Crippen molar-refractivity contribution in [3.05, 3.63) is 58.0 Å². The predicted octanol–water partition coefficient (Wildman–Crippen LogP) is 5.85. The zero-order chi connectivity index (χ0) is 23.1. The zero-order valence-electron chi connectivity index (χ0n) is 18.9. The van der Waals surface area contributed by atoms with E-state index >= 15 is 0 Å². The third-order valence-electron chi connectivity index (χ3n) is 4.80. The summed E-state index contributed by atoms with van der Waals surface area (Å²) in [5.41, 5.74) is 3.26. The summed E-state index contributed by atoms with van der Waals surface area (Å²) in [5, 5.41) is 2.62. The summed E-state index contributed by atoms with van der Waals surface area (Å²) >= 11 is 6.30. The van der Waals surface area contributed by atoms with Crippen LogP contribution in [0.15, 0.2) is 41.3 Å². The molecule has 1 N–H and O–H groups in total. The summed E-state index contributed by atoms with van der Waals surface area (Å²) in [6.07, 6.45) is 2.55. The molecule has 170 valence electrons. The highest BCUT2D eigenvalue weighted by Crippen LogP contribution is 2.32. The van der Waals surface area contributed by atoms with Crippen molar-refractivity contribution in [3.63, 3.8) is 0 Å². The van der Waals surface area contributed by atoms with Gasteiger partial charge >= 0.3 is 0 Å². The van der Waals surface area contributed by atoms with Gasteiger partial charge in [-0.2, -0.15) is 0 Å². The number of hydrogen-bond acceptors (Lipinski definition) is 6. The largest absolute Gasteiger partial charge is 0.493 e. The average molecular weight is 472 g/mol. The lowest BCUT2D eigenvalue weighted by Crippen LogP contribution is -2.17. The van der Waals surface area contributed by atoms with Gasteiger partial charge in [-0.1, -0.05) is 56.0 Å². The predicted molar refractivity (Wildman–Crippen MR) is 135 cm³/mol. The zero-order valence-corrected chi connectivity index (χ0v) is 20.5. The number of thiocarbonyl (C=S) groups is 1. The molecule has 32 heavy (non-hydrogen) atoms. The number of benzene rings is 2. The molecule has 2 aromatic rings. The number of hydrogen-bond donors (Lipinski definition) is 1. The van der Waals surface area contributed by atoms with Crippen molar-refractivity contribution in [2.24, 2.45) is 0 Å². The second kappa shape index (κ2) is 11.4. The lowest BCUT2D eigenvalue weighted by atomic mass is 10.0. The van der Waals surface area contributed by atoms with Crippen molar-refractivity contribution in [1.82, 2.24) is 5.32 Å². The molecule has 0 atom stereocenters. The molecular formula is C25H29NO4S2. The minimum atomic E-state index is -0.174. The topological polar surface area (TPSA) is 56.8 Å². The summed E-state index contributed by atoms with van der Waals surface area (Å²) in [5.74, 6) is 2.50. The van der Waals surface area contributed by atoms with Crippen LogP contribution < -0.4 is 19.5 Å². The summed E-state index contributed by atoms with van der Waals surface area (Å²) in [7, 11) is 0. The number of amides is 1. The summed E-state index contributed by atoms with van der Waals surface area (Å²) in [6, 6.07) is 12.0. The molecule has 1 heterocycles. The van der Waals surface area contributed by atoms with Crippen LogP contribution in [0.4, 0.5) is 0 Å². The van der Waals surface area contributed by atoms with E-state index in [9.17, 15) is 4.79 Å². The maximum absolute atomic E-state index is 11.9.